The van der Waals surface area contributed by atoms with Gasteiger partial charge in [-0.3, -0.25) is 14.4 Å². The Bertz CT molecular complexity index is 797. The molecule has 0 aromatic heterocycles. The molecule has 0 saturated heterocycles. The van der Waals surface area contributed by atoms with E-state index in [1.807, 2.05) is 30.3 Å². The van der Waals surface area contributed by atoms with Crippen molar-refractivity contribution in [1.82, 2.24) is 16.0 Å². The summed E-state index contributed by atoms with van der Waals surface area (Å²) in [5, 5.41) is 7.65. The first-order valence-electron chi connectivity index (χ1n) is 11.1. The summed E-state index contributed by atoms with van der Waals surface area (Å²) in [4.78, 5) is 48.5. The molecule has 3 atom stereocenters. The summed E-state index contributed by atoms with van der Waals surface area (Å²) in [6.07, 6.45) is -0.691. The molecule has 184 valence electrons. The Kier molecular flexibility index (Phi) is 11.6. The van der Waals surface area contributed by atoms with E-state index in [9.17, 15) is 19.2 Å². The van der Waals surface area contributed by atoms with Crippen molar-refractivity contribution in [1.29, 1.82) is 0 Å². The van der Waals surface area contributed by atoms with Crippen LogP contribution in [0, 0.1) is 0 Å². The van der Waals surface area contributed by atoms with E-state index < -0.39 is 44.1 Å². The second kappa shape index (κ2) is 13.6. The number of amides is 3. The largest absolute Gasteiger partial charge is 0.466 e. The standard InChI is InChI=1S/C23H37N3O6Si/c1-16(14-20(27)31-12-13-33(4,5)6)24-21(28)17(2)25-22(29)18(3)26-23(30)32-15-19-10-8-7-9-11-19/h7-11,16-18H,12-15H2,1-6H3,(H,24,28)(H,25,29)(H,26,30)/t16-,17+,18-/m0/s1. The summed E-state index contributed by atoms with van der Waals surface area (Å²) in [6.45, 7) is 11.8. The lowest BCUT2D eigenvalue weighted by Crippen LogP contribution is -2.52. The molecule has 33 heavy (non-hydrogen) atoms. The minimum Gasteiger partial charge on any atom is -0.466 e. The van der Waals surface area contributed by atoms with E-state index in [2.05, 4.69) is 35.6 Å². The van der Waals surface area contributed by atoms with Crippen LogP contribution >= 0.6 is 0 Å². The number of esters is 1. The average Bonchev–Trinajstić information content (AvgIpc) is 2.71. The van der Waals surface area contributed by atoms with Crippen molar-refractivity contribution < 1.29 is 28.7 Å². The SMILES string of the molecule is C[C@H](NC(=O)OCc1ccccc1)C(=O)N[C@H](C)C(=O)N[C@@H](C)CC(=O)OCC[Si](C)(C)C. The van der Waals surface area contributed by atoms with E-state index >= 15 is 0 Å². The van der Waals surface area contributed by atoms with Crippen molar-refractivity contribution in [3.8, 4) is 0 Å². The lowest BCUT2D eigenvalue weighted by molar-refractivity contribution is -0.143. The van der Waals surface area contributed by atoms with Crippen molar-refractivity contribution in [2.24, 2.45) is 0 Å². The molecule has 1 rings (SSSR count). The van der Waals surface area contributed by atoms with E-state index in [1.165, 1.54) is 13.8 Å². The number of carbonyl (C=O) groups is 4. The Morgan fingerprint density at radius 2 is 1.42 bits per heavy atom. The van der Waals surface area contributed by atoms with E-state index in [-0.39, 0.29) is 19.0 Å². The number of carbonyl (C=O) groups excluding carboxylic acids is 4. The number of hydrogen-bond acceptors (Lipinski definition) is 6. The van der Waals surface area contributed by atoms with Crippen LogP contribution in [-0.4, -0.2) is 56.7 Å². The number of alkyl carbamates (subject to hydrolysis) is 1. The number of ether oxygens (including phenoxy) is 2. The van der Waals surface area contributed by atoms with Crippen molar-refractivity contribution in [2.75, 3.05) is 6.61 Å². The van der Waals surface area contributed by atoms with Gasteiger partial charge >= 0.3 is 12.1 Å². The van der Waals surface area contributed by atoms with Crippen molar-refractivity contribution in [3.05, 3.63) is 35.9 Å². The predicted octanol–water partition coefficient (Wildman–Crippen LogP) is 2.58. The van der Waals surface area contributed by atoms with Gasteiger partial charge in [-0.1, -0.05) is 50.0 Å². The van der Waals surface area contributed by atoms with Gasteiger partial charge < -0.3 is 25.4 Å². The second-order valence-corrected chi connectivity index (χ2v) is 14.9. The molecule has 3 amide bonds. The molecule has 9 nitrogen and oxygen atoms in total. The highest BCUT2D eigenvalue weighted by molar-refractivity contribution is 6.76. The fourth-order valence-corrected chi connectivity index (χ4v) is 3.32. The molecule has 0 aliphatic heterocycles. The molecule has 3 N–H and O–H groups in total. The molecule has 0 fully saturated rings. The maximum Gasteiger partial charge on any atom is 0.408 e. The van der Waals surface area contributed by atoms with Crippen LogP contribution in [0.2, 0.25) is 25.7 Å². The summed E-state index contributed by atoms with van der Waals surface area (Å²) in [7, 11) is -1.28. The van der Waals surface area contributed by atoms with Gasteiger partial charge in [0.2, 0.25) is 11.8 Å². The number of rotatable bonds is 12. The van der Waals surface area contributed by atoms with E-state index in [1.54, 1.807) is 6.92 Å². The zero-order chi connectivity index (χ0) is 25.0. The van der Waals surface area contributed by atoms with Gasteiger partial charge in [-0.2, -0.15) is 0 Å². The molecule has 0 heterocycles. The topological polar surface area (TPSA) is 123 Å². The highest BCUT2D eigenvalue weighted by Gasteiger charge is 2.23. The lowest BCUT2D eigenvalue weighted by Gasteiger charge is -2.20. The van der Waals surface area contributed by atoms with Gasteiger partial charge in [0.1, 0.15) is 18.7 Å². The first kappa shape index (κ1) is 28.2. The zero-order valence-corrected chi connectivity index (χ0v) is 21.4. The summed E-state index contributed by atoms with van der Waals surface area (Å²) in [5.41, 5.74) is 0.823. The van der Waals surface area contributed by atoms with Crippen LogP contribution in [0.5, 0.6) is 0 Å². The highest BCUT2D eigenvalue weighted by Crippen LogP contribution is 2.08. The molecule has 1 aromatic carbocycles. The monoisotopic (exact) mass is 479 g/mol. The summed E-state index contributed by atoms with van der Waals surface area (Å²) >= 11 is 0. The Balaban J connectivity index is 2.34. The molecular weight excluding hydrogens is 442 g/mol. The van der Waals surface area contributed by atoms with Crippen molar-refractivity contribution in [2.45, 2.75) is 77.6 Å². The predicted molar refractivity (Wildman–Crippen MR) is 128 cm³/mol. The maximum atomic E-state index is 12.3. The first-order valence-corrected chi connectivity index (χ1v) is 14.8. The van der Waals surface area contributed by atoms with E-state index in [0.717, 1.165) is 11.6 Å². The third kappa shape index (κ3) is 12.7. The van der Waals surface area contributed by atoms with Crippen LogP contribution in [0.1, 0.15) is 32.8 Å². The number of benzene rings is 1. The average molecular weight is 480 g/mol. The minimum absolute atomic E-state index is 0.0450. The third-order valence-electron chi connectivity index (χ3n) is 4.67. The maximum absolute atomic E-state index is 12.3. The Morgan fingerprint density at radius 3 is 2.03 bits per heavy atom. The van der Waals surface area contributed by atoms with Crippen molar-refractivity contribution >= 4 is 32.0 Å². The number of nitrogens with one attached hydrogen (secondary N) is 3. The number of hydrogen-bond donors (Lipinski definition) is 3. The van der Waals surface area contributed by atoms with Crippen LogP contribution in [0.4, 0.5) is 4.79 Å². The molecule has 0 radical (unpaired) electrons. The molecule has 0 aliphatic rings. The molecule has 0 unspecified atom stereocenters. The van der Waals surface area contributed by atoms with Crippen LogP contribution in [0.25, 0.3) is 0 Å². The molecule has 10 heteroatoms. The second-order valence-electron chi connectivity index (χ2n) is 9.30. The molecule has 0 bridgehead atoms. The Morgan fingerprint density at radius 1 is 0.848 bits per heavy atom. The van der Waals surface area contributed by atoms with Gasteiger partial charge in [-0.05, 0) is 32.4 Å². The fourth-order valence-electron chi connectivity index (χ4n) is 2.61. The summed E-state index contributed by atoms with van der Waals surface area (Å²) < 4.78 is 10.3. The normalized spacial score (nSPS) is 13.8. The third-order valence-corrected chi connectivity index (χ3v) is 6.37. The minimum atomic E-state index is -1.28. The van der Waals surface area contributed by atoms with Gasteiger partial charge in [0.25, 0.3) is 0 Å². The summed E-state index contributed by atoms with van der Waals surface area (Å²) in [6, 6.07) is 7.84. The fraction of sp³-hybridized carbons (Fsp3) is 0.565. The Hall–Kier alpha value is -2.88. The van der Waals surface area contributed by atoms with Crippen LogP contribution < -0.4 is 16.0 Å². The molecule has 0 saturated carbocycles. The van der Waals surface area contributed by atoms with Crippen LogP contribution in [0.15, 0.2) is 30.3 Å². The van der Waals surface area contributed by atoms with Crippen molar-refractivity contribution in [3.63, 3.8) is 0 Å². The quantitative estimate of drug-likeness (QED) is 0.313. The Labute approximate surface area is 197 Å². The lowest BCUT2D eigenvalue weighted by atomic mass is 10.2. The zero-order valence-electron chi connectivity index (χ0n) is 20.4. The first-order chi connectivity index (χ1) is 15.4. The van der Waals surface area contributed by atoms with Gasteiger partial charge in [0.15, 0.2) is 0 Å². The van der Waals surface area contributed by atoms with Gasteiger partial charge in [-0.25, -0.2) is 4.79 Å². The molecular formula is C23H37N3O6Si. The molecule has 0 spiro atoms. The van der Waals surface area contributed by atoms with Crippen LogP contribution in [-0.2, 0) is 30.5 Å². The van der Waals surface area contributed by atoms with Gasteiger partial charge in [0.05, 0.1) is 13.0 Å². The smallest absolute Gasteiger partial charge is 0.408 e. The van der Waals surface area contributed by atoms with Gasteiger partial charge in [0, 0.05) is 14.1 Å². The molecule has 1 aromatic rings. The highest BCUT2D eigenvalue weighted by atomic mass is 28.3. The molecule has 0 aliphatic carbocycles. The van der Waals surface area contributed by atoms with Crippen LogP contribution in [0.3, 0.4) is 0 Å². The van der Waals surface area contributed by atoms with E-state index in [0.29, 0.717) is 6.61 Å². The van der Waals surface area contributed by atoms with E-state index in [4.69, 9.17) is 9.47 Å². The van der Waals surface area contributed by atoms with Gasteiger partial charge in [-0.15, -0.1) is 0 Å². The summed E-state index contributed by atoms with van der Waals surface area (Å²) in [5.74, 6) is -1.35.